The summed E-state index contributed by atoms with van der Waals surface area (Å²) in [5, 5.41) is 2.95. The van der Waals surface area contributed by atoms with Crippen molar-refractivity contribution in [3.8, 4) is 0 Å². The Kier molecular flexibility index (Phi) is 4.27. The van der Waals surface area contributed by atoms with Crippen molar-refractivity contribution in [1.29, 1.82) is 0 Å². The molecule has 0 unspecified atom stereocenters. The van der Waals surface area contributed by atoms with Crippen molar-refractivity contribution in [3.63, 3.8) is 0 Å². The van der Waals surface area contributed by atoms with Gasteiger partial charge in [-0.05, 0) is 65.7 Å². The second-order valence-corrected chi connectivity index (χ2v) is 6.04. The van der Waals surface area contributed by atoms with Gasteiger partial charge in [0.05, 0.1) is 0 Å². The maximum absolute atomic E-state index is 12.1. The molecule has 0 spiro atoms. The summed E-state index contributed by atoms with van der Waals surface area (Å²) in [6, 6.07) is 5.51. The lowest BCUT2D eigenvalue weighted by molar-refractivity contribution is -0.121. The van der Waals surface area contributed by atoms with Crippen LogP contribution in [0.5, 0.6) is 0 Å². The van der Waals surface area contributed by atoms with E-state index in [1.165, 1.54) is 0 Å². The molecule has 1 aliphatic rings. The first kappa shape index (κ1) is 13.4. The van der Waals surface area contributed by atoms with Crippen LogP contribution in [-0.4, -0.2) is 5.91 Å². The SMILES string of the molecule is CC1CCC(C(=O)Nc2ccc(Br)c(N)c2)CC1. The van der Waals surface area contributed by atoms with Gasteiger partial charge in [-0.25, -0.2) is 0 Å². The number of hydrogen-bond donors (Lipinski definition) is 2. The van der Waals surface area contributed by atoms with Crippen LogP contribution in [-0.2, 0) is 4.79 Å². The third-order valence-corrected chi connectivity index (χ3v) is 4.37. The van der Waals surface area contributed by atoms with Crippen LogP contribution < -0.4 is 11.1 Å². The molecule has 98 valence electrons. The molecule has 0 aromatic heterocycles. The Bertz CT molecular complexity index is 439. The minimum atomic E-state index is 0.128. The highest BCUT2D eigenvalue weighted by Gasteiger charge is 2.24. The van der Waals surface area contributed by atoms with E-state index in [1.807, 2.05) is 12.1 Å². The number of carbonyl (C=O) groups is 1. The first-order valence-electron chi connectivity index (χ1n) is 6.42. The van der Waals surface area contributed by atoms with Gasteiger partial charge in [0, 0.05) is 21.8 Å². The largest absolute Gasteiger partial charge is 0.398 e. The number of nitrogens with two attached hydrogens (primary N) is 1. The molecule has 0 saturated heterocycles. The summed E-state index contributed by atoms with van der Waals surface area (Å²) in [4.78, 5) is 12.1. The molecular weight excluding hydrogens is 292 g/mol. The fraction of sp³-hybridized carbons (Fsp3) is 0.500. The summed E-state index contributed by atoms with van der Waals surface area (Å²) >= 11 is 3.34. The van der Waals surface area contributed by atoms with Gasteiger partial charge >= 0.3 is 0 Å². The fourth-order valence-electron chi connectivity index (χ4n) is 2.39. The zero-order chi connectivity index (χ0) is 13.1. The predicted octanol–water partition coefficient (Wildman–Crippen LogP) is 3.80. The van der Waals surface area contributed by atoms with Gasteiger partial charge in [-0.1, -0.05) is 6.92 Å². The number of nitrogens with one attached hydrogen (secondary N) is 1. The molecule has 1 amide bonds. The van der Waals surface area contributed by atoms with Gasteiger partial charge < -0.3 is 11.1 Å². The van der Waals surface area contributed by atoms with Gasteiger partial charge in [0.25, 0.3) is 0 Å². The Balaban J connectivity index is 1.96. The normalized spacial score (nSPS) is 23.7. The number of amides is 1. The molecule has 0 radical (unpaired) electrons. The number of rotatable bonds is 2. The minimum absolute atomic E-state index is 0.128. The fourth-order valence-corrected chi connectivity index (χ4v) is 2.63. The predicted molar refractivity (Wildman–Crippen MR) is 78.3 cm³/mol. The van der Waals surface area contributed by atoms with Crippen molar-refractivity contribution in [2.24, 2.45) is 11.8 Å². The van der Waals surface area contributed by atoms with Crippen molar-refractivity contribution in [3.05, 3.63) is 22.7 Å². The molecule has 4 heteroatoms. The summed E-state index contributed by atoms with van der Waals surface area (Å²) in [5.41, 5.74) is 7.22. The van der Waals surface area contributed by atoms with Crippen molar-refractivity contribution >= 4 is 33.2 Å². The summed E-state index contributed by atoms with van der Waals surface area (Å²) in [6.45, 7) is 2.25. The first-order valence-corrected chi connectivity index (χ1v) is 7.21. The topological polar surface area (TPSA) is 55.1 Å². The summed E-state index contributed by atoms with van der Waals surface area (Å²) in [7, 11) is 0. The Morgan fingerprint density at radius 3 is 2.61 bits per heavy atom. The molecule has 18 heavy (non-hydrogen) atoms. The quantitative estimate of drug-likeness (QED) is 0.816. The highest BCUT2D eigenvalue weighted by molar-refractivity contribution is 9.10. The Hall–Kier alpha value is -1.03. The van der Waals surface area contributed by atoms with E-state index in [4.69, 9.17) is 5.73 Å². The van der Waals surface area contributed by atoms with E-state index in [-0.39, 0.29) is 11.8 Å². The number of carbonyl (C=O) groups excluding carboxylic acids is 1. The van der Waals surface area contributed by atoms with Gasteiger partial charge in [0.1, 0.15) is 0 Å². The number of nitrogen functional groups attached to an aromatic ring is 1. The maximum atomic E-state index is 12.1. The minimum Gasteiger partial charge on any atom is -0.398 e. The number of halogens is 1. The molecule has 1 aliphatic carbocycles. The Morgan fingerprint density at radius 1 is 1.33 bits per heavy atom. The zero-order valence-corrected chi connectivity index (χ0v) is 12.2. The van der Waals surface area contributed by atoms with Gasteiger partial charge in [-0.2, -0.15) is 0 Å². The van der Waals surface area contributed by atoms with E-state index < -0.39 is 0 Å². The average Bonchev–Trinajstić information content (AvgIpc) is 2.34. The van der Waals surface area contributed by atoms with E-state index in [0.717, 1.165) is 41.8 Å². The van der Waals surface area contributed by atoms with Gasteiger partial charge in [-0.15, -0.1) is 0 Å². The molecule has 3 nitrogen and oxygen atoms in total. The molecule has 1 fully saturated rings. The van der Waals surface area contributed by atoms with Crippen molar-refractivity contribution in [2.75, 3.05) is 11.1 Å². The average molecular weight is 311 g/mol. The van der Waals surface area contributed by atoms with Gasteiger partial charge in [0.2, 0.25) is 5.91 Å². The van der Waals surface area contributed by atoms with Gasteiger partial charge in [0.15, 0.2) is 0 Å². The highest BCUT2D eigenvalue weighted by Crippen LogP contribution is 2.29. The van der Waals surface area contributed by atoms with Gasteiger partial charge in [-0.3, -0.25) is 4.79 Å². The third-order valence-electron chi connectivity index (χ3n) is 3.65. The molecular formula is C14H19BrN2O. The molecule has 3 N–H and O–H groups in total. The monoisotopic (exact) mass is 310 g/mol. The van der Waals surface area contributed by atoms with Crippen molar-refractivity contribution < 1.29 is 4.79 Å². The number of hydrogen-bond acceptors (Lipinski definition) is 2. The molecule has 1 aromatic rings. The lowest BCUT2D eigenvalue weighted by Crippen LogP contribution is -2.26. The zero-order valence-electron chi connectivity index (χ0n) is 10.6. The second-order valence-electron chi connectivity index (χ2n) is 5.18. The summed E-state index contributed by atoms with van der Waals surface area (Å²) in [5.74, 6) is 1.05. The lowest BCUT2D eigenvalue weighted by atomic mass is 9.82. The maximum Gasteiger partial charge on any atom is 0.227 e. The smallest absolute Gasteiger partial charge is 0.227 e. The van der Waals surface area contributed by atoms with Crippen molar-refractivity contribution in [1.82, 2.24) is 0 Å². The standard InChI is InChI=1S/C14H19BrN2O/c1-9-2-4-10(5-3-9)14(18)17-11-6-7-12(15)13(16)8-11/h6-10H,2-5,16H2,1H3,(H,17,18). The van der Waals surface area contributed by atoms with Crippen LogP contribution in [0.1, 0.15) is 32.6 Å². The lowest BCUT2D eigenvalue weighted by Gasteiger charge is -2.25. The molecule has 1 aromatic carbocycles. The van der Waals surface area contributed by atoms with E-state index in [1.54, 1.807) is 6.07 Å². The molecule has 0 heterocycles. The van der Waals surface area contributed by atoms with Crippen LogP contribution in [0.25, 0.3) is 0 Å². The van der Waals surface area contributed by atoms with Crippen molar-refractivity contribution in [2.45, 2.75) is 32.6 Å². The van der Waals surface area contributed by atoms with Crippen LogP contribution in [0.2, 0.25) is 0 Å². The Labute approximate surface area is 116 Å². The molecule has 2 rings (SSSR count). The Morgan fingerprint density at radius 2 is 2.00 bits per heavy atom. The van der Waals surface area contributed by atoms with E-state index in [9.17, 15) is 4.79 Å². The second kappa shape index (κ2) is 5.74. The van der Waals surface area contributed by atoms with Crippen LogP contribution >= 0.6 is 15.9 Å². The van der Waals surface area contributed by atoms with E-state index in [2.05, 4.69) is 28.2 Å². The summed E-state index contributed by atoms with van der Waals surface area (Å²) in [6.07, 6.45) is 4.30. The molecule has 0 bridgehead atoms. The number of anilines is 2. The summed E-state index contributed by atoms with van der Waals surface area (Å²) < 4.78 is 0.854. The molecule has 0 aliphatic heterocycles. The molecule has 1 saturated carbocycles. The first-order chi connectivity index (χ1) is 8.56. The van der Waals surface area contributed by atoms with Crippen LogP contribution in [0.3, 0.4) is 0 Å². The van der Waals surface area contributed by atoms with Crippen LogP contribution in [0.4, 0.5) is 11.4 Å². The molecule has 0 atom stereocenters. The van der Waals surface area contributed by atoms with Crippen LogP contribution in [0.15, 0.2) is 22.7 Å². The van der Waals surface area contributed by atoms with E-state index >= 15 is 0 Å². The highest BCUT2D eigenvalue weighted by atomic mass is 79.9. The third kappa shape index (κ3) is 3.25. The van der Waals surface area contributed by atoms with Crippen LogP contribution in [0, 0.1) is 11.8 Å². The van der Waals surface area contributed by atoms with E-state index in [0.29, 0.717) is 5.69 Å². The number of benzene rings is 1.